The molecule has 18 heavy (non-hydrogen) atoms. The molecule has 0 heterocycles. The van der Waals surface area contributed by atoms with E-state index < -0.39 is 24.4 Å². The minimum absolute atomic E-state index is 0.0380. The molecule has 6 heteroatoms. The van der Waals surface area contributed by atoms with Crippen molar-refractivity contribution >= 4 is 18.3 Å². The highest BCUT2D eigenvalue weighted by Crippen LogP contribution is 2.03. The maximum absolute atomic E-state index is 11.5. The highest BCUT2D eigenvalue weighted by atomic mass is 16.5. The number of carboxylic acids is 1. The summed E-state index contributed by atoms with van der Waals surface area (Å²) in [5.74, 6) is -1.96. The van der Waals surface area contributed by atoms with Crippen LogP contribution in [0.2, 0.25) is 0 Å². The van der Waals surface area contributed by atoms with Crippen molar-refractivity contribution < 1.29 is 24.2 Å². The summed E-state index contributed by atoms with van der Waals surface area (Å²) in [6.07, 6.45) is -0.232. The van der Waals surface area contributed by atoms with Gasteiger partial charge in [0.2, 0.25) is 6.41 Å². The molecular formula is C12H13NO5. The monoisotopic (exact) mass is 251 g/mol. The summed E-state index contributed by atoms with van der Waals surface area (Å²) in [7, 11) is 0. The molecule has 1 amide bonds. The molecule has 2 N–H and O–H groups in total. The van der Waals surface area contributed by atoms with Crippen LogP contribution in [0.3, 0.4) is 0 Å². The van der Waals surface area contributed by atoms with Crippen LogP contribution in [0.5, 0.6) is 0 Å². The molecule has 0 bridgehead atoms. The van der Waals surface area contributed by atoms with Crippen molar-refractivity contribution in [1.29, 1.82) is 0 Å². The average molecular weight is 251 g/mol. The number of carbonyl (C=O) groups excluding carboxylic acids is 2. The average Bonchev–Trinajstić information content (AvgIpc) is 2.36. The Hall–Kier alpha value is -2.37. The molecule has 0 aliphatic carbocycles. The first kappa shape index (κ1) is 13.7. The van der Waals surface area contributed by atoms with Gasteiger partial charge in [-0.05, 0) is 5.56 Å². The van der Waals surface area contributed by atoms with Gasteiger partial charge in [-0.15, -0.1) is 0 Å². The molecule has 0 spiro atoms. The van der Waals surface area contributed by atoms with E-state index in [-0.39, 0.29) is 13.0 Å². The van der Waals surface area contributed by atoms with Gasteiger partial charge in [0.25, 0.3) is 0 Å². The second-order valence-corrected chi connectivity index (χ2v) is 3.53. The zero-order chi connectivity index (χ0) is 13.4. The Morgan fingerprint density at radius 3 is 2.56 bits per heavy atom. The molecule has 1 aromatic carbocycles. The first-order valence-electron chi connectivity index (χ1n) is 5.25. The maximum Gasteiger partial charge on any atom is 0.329 e. The molecule has 0 fully saturated rings. The number of hydrogen-bond acceptors (Lipinski definition) is 4. The predicted octanol–water partition coefficient (Wildman–Crippen LogP) is 0.319. The highest BCUT2D eigenvalue weighted by Gasteiger charge is 2.22. The van der Waals surface area contributed by atoms with E-state index >= 15 is 0 Å². The van der Waals surface area contributed by atoms with Crippen LogP contribution in [0, 0.1) is 0 Å². The van der Waals surface area contributed by atoms with Crippen molar-refractivity contribution in [2.24, 2.45) is 0 Å². The zero-order valence-corrected chi connectivity index (χ0v) is 9.54. The summed E-state index contributed by atoms with van der Waals surface area (Å²) in [5, 5.41) is 10.7. The Labute approximate surface area is 104 Å². The topological polar surface area (TPSA) is 92.7 Å². The third-order valence-corrected chi connectivity index (χ3v) is 2.16. The Bertz CT molecular complexity index is 418. The molecule has 0 saturated heterocycles. The van der Waals surface area contributed by atoms with E-state index in [1.807, 2.05) is 6.07 Å². The largest absolute Gasteiger partial charge is 0.481 e. The van der Waals surface area contributed by atoms with Crippen LogP contribution in [-0.4, -0.2) is 29.5 Å². The van der Waals surface area contributed by atoms with Gasteiger partial charge in [0.1, 0.15) is 12.6 Å². The van der Waals surface area contributed by atoms with E-state index in [4.69, 9.17) is 9.84 Å². The second kappa shape index (κ2) is 7.05. The standard InChI is InChI=1S/C12H13NO5/c14-8-13-10(6-11(15)16)12(17)18-7-9-4-2-1-3-5-9/h1-5,8,10H,6-7H2,(H,13,14)(H,15,16)/t10-/m0/s1. The number of carboxylic acid groups (broad SMARTS) is 1. The van der Waals surface area contributed by atoms with Crippen LogP contribution < -0.4 is 5.32 Å². The van der Waals surface area contributed by atoms with Crippen molar-refractivity contribution in [2.75, 3.05) is 0 Å². The second-order valence-electron chi connectivity index (χ2n) is 3.53. The number of nitrogens with one attached hydrogen (secondary N) is 1. The number of benzene rings is 1. The van der Waals surface area contributed by atoms with Crippen LogP contribution in [0.15, 0.2) is 30.3 Å². The van der Waals surface area contributed by atoms with Gasteiger partial charge in [-0.2, -0.15) is 0 Å². The molecule has 0 saturated carbocycles. The van der Waals surface area contributed by atoms with Gasteiger partial charge in [0.15, 0.2) is 0 Å². The summed E-state index contributed by atoms with van der Waals surface area (Å²) in [6.45, 7) is 0.0380. The first-order valence-corrected chi connectivity index (χ1v) is 5.25. The maximum atomic E-state index is 11.5. The third-order valence-electron chi connectivity index (χ3n) is 2.16. The highest BCUT2D eigenvalue weighted by molar-refractivity contribution is 5.83. The third kappa shape index (κ3) is 4.65. The summed E-state index contributed by atoms with van der Waals surface area (Å²) in [4.78, 5) is 32.3. The summed E-state index contributed by atoms with van der Waals surface area (Å²) in [5.41, 5.74) is 0.783. The first-order chi connectivity index (χ1) is 8.63. The van der Waals surface area contributed by atoms with Crippen molar-refractivity contribution in [3.8, 4) is 0 Å². The molecule has 0 aromatic heterocycles. The van der Waals surface area contributed by atoms with Crippen molar-refractivity contribution in [1.82, 2.24) is 5.32 Å². The Morgan fingerprint density at radius 2 is 2.00 bits per heavy atom. The summed E-state index contributed by atoms with van der Waals surface area (Å²) < 4.78 is 4.92. The van der Waals surface area contributed by atoms with Gasteiger partial charge in [-0.25, -0.2) is 4.79 Å². The van der Waals surface area contributed by atoms with E-state index in [0.717, 1.165) is 5.56 Å². The summed E-state index contributed by atoms with van der Waals surface area (Å²) in [6, 6.07) is 7.79. The lowest BCUT2D eigenvalue weighted by Crippen LogP contribution is -2.39. The van der Waals surface area contributed by atoms with Gasteiger partial charge in [0, 0.05) is 0 Å². The Balaban J connectivity index is 2.51. The van der Waals surface area contributed by atoms with Crippen LogP contribution in [0.4, 0.5) is 0 Å². The molecular weight excluding hydrogens is 238 g/mol. The SMILES string of the molecule is O=CN[C@@H](CC(=O)O)C(=O)OCc1ccccc1. The molecule has 0 radical (unpaired) electrons. The van der Waals surface area contributed by atoms with Gasteiger partial charge in [-0.3, -0.25) is 9.59 Å². The Kier molecular flexibility index (Phi) is 5.37. The van der Waals surface area contributed by atoms with Crippen LogP contribution in [0.1, 0.15) is 12.0 Å². The fourth-order valence-corrected chi connectivity index (χ4v) is 1.30. The van der Waals surface area contributed by atoms with Crippen molar-refractivity contribution in [2.45, 2.75) is 19.1 Å². The van der Waals surface area contributed by atoms with E-state index in [1.54, 1.807) is 24.3 Å². The van der Waals surface area contributed by atoms with Gasteiger partial charge in [-0.1, -0.05) is 30.3 Å². The van der Waals surface area contributed by atoms with E-state index in [1.165, 1.54) is 0 Å². The molecule has 96 valence electrons. The molecule has 0 unspecified atom stereocenters. The number of amides is 1. The summed E-state index contributed by atoms with van der Waals surface area (Å²) >= 11 is 0. The number of hydrogen-bond donors (Lipinski definition) is 2. The molecule has 6 nitrogen and oxygen atoms in total. The number of aliphatic carboxylic acids is 1. The lowest BCUT2D eigenvalue weighted by atomic mass is 10.2. The molecule has 0 aliphatic rings. The quantitative estimate of drug-likeness (QED) is 0.537. The van der Waals surface area contributed by atoms with Crippen LogP contribution >= 0.6 is 0 Å². The van der Waals surface area contributed by atoms with E-state index in [0.29, 0.717) is 0 Å². The number of esters is 1. The molecule has 0 aliphatic heterocycles. The lowest BCUT2D eigenvalue weighted by molar-refractivity contribution is -0.152. The minimum Gasteiger partial charge on any atom is -0.481 e. The lowest BCUT2D eigenvalue weighted by Gasteiger charge is -2.13. The minimum atomic E-state index is -1.19. The van der Waals surface area contributed by atoms with E-state index in [9.17, 15) is 14.4 Å². The number of rotatable bonds is 7. The van der Waals surface area contributed by atoms with Gasteiger partial charge >= 0.3 is 11.9 Å². The fraction of sp³-hybridized carbons (Fsp3) is 0.250. The molecule has 1 aromatic rings. The van der Waals surface area contributed by atoms with Crippen LogP contribution in [-0.2, 0) is 25.7 Å². The van der Waals surface area contributed by atoms with Crippen LogP contribution in [0.25, 0.3) is 0 Å². The number of ether oxygens (including phenoxy) is 1. The van der Waals surface area contributed by atoms with Crippen molar-refractivity contribution in [3.63, 3.8) is 0 Å². The number of carbonyl (C=O) groups is 3. The Morgan fingerprint density at radius 1 is 1.33 bits per heavy atom. The predicted molar refractivity (Wildman–Crippen MR) is 61.5 cm³/mol. The zero-order valence-electron chi connectivity index (χ0n) is 9.54. The fourth-order valence-electron chi connectivity index (χ4n) is 1.30. The van der Waals surface area contributed by atoms with Gasteiger partial charge in [0.05, 0.1) is 6.42 Å². The molecule has 1 atom stereocenters. The smallest absolute Gasteiger partial charge is 0.329 e. The molecule has 1 rings (SSSR count). The van der Waals surface area contributed by atoms with Gasteiger partial charge < -0.3 is 15.2 Å². The van der Waals surface area contributed by atoms with E-state index in [2.05, 4.69) is 5.32 Å². The normalized spacial score (nSPS) is 11.3. The van der Waals surface area contributed by atoms with Crippen molar-refractivity contribution in [3.05, 3.63) is 35.9 Å².